The number of aromatic nitrogens is 1. The predicted octanol–water partition coefficient (Wildman–Crippen LogP) is 2.34. The quantitative estimate of drug-likeness (QED) is 0.865. The molecule has 0 amide bonds. The maximum Gasteiger partial charge on any atom is 0.0957 e. The molecule has 18 heavy (non-hydrogen) atoms. The van der Waals surface area contributed by atoms with E-state index in [0.717, 1.165) is 30.2 Å². The lowest BCUT2D eigenvalue weighted by atomic mass is 9.80. The Kier molecular flexibility index (Phi) is 3.81. The van der Waals surface area contributed by atoms with Gasteiger partial charge in [0, 0.05) is 23.8 Å². The highest BCUT2D eigenvalue weighted by molar-refractivity contribution is 7.09. The van der Waals surface area contributed by atoms with Gasteiger partial charge < -0.3 is 10.4 Å². The molecule has 2 unspecified atom stereocenters. The summed E-state index contributed by atoms with van der Waals surface area (Å²) >= 11 is 1.68. The molecule has 0 spiro atoms. The third-order valence-corrected chi connectivity index (χ3v) is 4.73. The van der Waals surface area contributed by atoms with Gasteiger partial charge in [0.1, 0.15) is 0 Å². The first-order valence-electron chi connectivity index (χ1n) is 6.69. The summed E-state index contributed by atoms with van der Waals surface area (Å²) in [6.07, 6.45) is 1.51. The van der Waals surface area contributed by atoms with Crippen LogP contribution in [0.4, 0.5) is 0 Å². The zero-order valence-electron chi connectivity index (χ0n) is 11.8. The van der Waals surface area contributed by atoms with Gasteiger partial charge in [-0.15, -0.1) is 11.3 Å². The molecular weight excluding hydrogens is 244 g/mol. The topological polar surface area (TPSA) is 45.1 Å². The van der Waals surface area contributed by atoms with E-state index in [2.05, 4.69) is 38.4 Å². The van der Waals surface area contributed by atoms with Gasteiger partial charge in [-0.25, -0.2) is 4.98 Å². The Hall–Kier alpha value is -0.450. The van der Waals surface area contributed by atoms with Crippen LogP contribution >= 0.6 is 11.3 Å². The summed E-state index contributed by atoms with van der Waals surface area (Å²) in [5.41, 5.74) is 0.641. The molecule has 4 heteroatoms. The zero-order valence-corrected chi connectivity index (χ0v) is 12.6. The summed E-state index contributed by atoms with van der Waals surface area (Å²) < 4.78 is 0. The Labute approximate surface area is 114 Å². The summed E-state index contributed by atoms with van der Waals surface area (Å²) in [4.78, 5) is 4.69. The fourth-order valence-corrected chi connectivity index (χ4v) is 3.46. The highest BCUT2D eigenvalue weighted by Crippen LogP contribution is 2.31. The average Bonchev–Trinajstić information content (AvgIpc) is 2.70. The SMILES string of the molecule is CC1CNCCC1(O)Cc1nc(C(C)(C)C)cs1. The minimum Gasteiger partial charge on any atom is -0.389 e. The molecule has 0 saturated carbocycles. The van der Waals surface area contributed by atoms with Crippen molar-refractivity contribution in [1.82, 2.24) is 10.3 Å². The minimum atomic E-state index is -0.585. The maximum atomic E-state index is 10.7. The first-order chi connectivity index (χ1) is 8.31. The molecule has 0 aromatic carbocycles. The molecular formula is C14H24N2OS. The molecule has 1 aromatic heterocycles. The summed E-state index contributed by atoms with van der Waals surface area (Å²) in [5, 5.41) is 17.3. The fraction of sp³-hybridized carbons (Fsp3) is 0.786. The molecule has 102 valence electrons. The van der Waals surface area contributed by atoms with Gasteiger partial charge in [-0.05, 0) is 18.9 Å². The number of nitrogens with one attached hydrogen (secondary N) is 1. The van der Waals surface area contributed by atoms with Crippen molar-refractivity contribution in [1.29, 1.82) is 0 Å². The largest absolute Gasteiger partial charge is 0.389 e. The van der Waals surface area contributed by atoms with Crippen molar-refractivity contribution in [2.75, 3.05) is 13.1 Å². The Morgan fingerprint density at radius 2 is 2.28 bits per heavy atom. The first-order valence-corrected chi connectivity index (χ1v) is 7.57. The van der Waals surface area contributed by atoms with Crippen molar-refractivity contribution < 1.29 is 5.11 Å². The van der Waals surface area contributed by atoms with E-state index in [1.54, 1.807) is 11.3 Å². The van der Waals surface area contributed by atoms with Crippen LogP contribution in [0.2, 0.25) is 0 Å². The summed E-state index contributed by atoms with van der Waals surface area (Å²) in [7, 11) is 0. The van der Waals surface area contributed by atoms with Gasteiger partial charge in [0.15, 0.2) is 0 Å². The van der Waals surface area contributed by atoms with Gasteiger partial charge in [0.25, 0.3) is 0 Å². The average molecular weight is 268 g/mol. The van der Waals surface area contributed by atoms with E-state index in [9.17, 15) is 5.11 Å². The molecule has 0 aliphatic carbocycles. The molecule has 1 aromatic rings. The van der Waals surface area contributed by atoms with Crippen molar-refractivity contribution in [3.63, 3.8) is 0 Å². The van der Waals surface area contributed by atoms with Crippen LogP contribution < -0.4 is 5.32 Å². The van der Waals surface area contributed by atoms with Crippen LogP contribution in [-0.2, 0) is 11.8 Å². The summed E-state index contributed by atoms with van der Waals surface area (Å²) in [6, 6.07) is 0. The lowest BCUT2D eigenvalue weighted by Crippen LogP contribution is -2.50. The van der Waals surface area contributed by atoms with Crippen LogP contribution in [-0.4, -0.2) is 28.8 Å². The second kappa shape index (κ2) is 4.91. The minimum absolute atomic E-state index is 0.0944. The van der Waals surface area contributed by atoms with E-state index in [-0.39, 0.29) is 11.3 Å². The lowest BCUT2D eigenvalue weighted by Gasteiger charge is -2.38. The molecule has 1 aliphatic rings. The highest BCUT2D eigenvalue weighted by atomic mass is 32.1. The molecule has 1 saturated heterocycles. The van der Waals surface area contributed by atoms with Gasteiger partial charge in [-0.1, -0.05) is 27.7 Å². The number of hydrogen-bond acceptors (Lipinski definition) is 4. The van der Waals surface area contributed by atoms with Gasteiger partial charge >= 0.3 is 0 Å². The maximum absolute atomic E-state index is 10.7. The smallest absolute Gasteiger partial charge is 0.0957 e. The van der Waals surface area contributed by atoms with Crippen molar-refractivity contribution >= 4 is 11.3 Å². The molecule has 0 radical (unpaired) electrons. The molecule has 0 bridgehead atoms. The predicted molar refractivity (Wildman–Crippen MR) is 76.1 cm³/mol. The van der Waals surface area contributed by atoms with Crippen molar-refractivity contribution in [2.45, 2.75) is 51.6 Å². The molecule has 2 rings (SSSR count). The monoisotopic (exact) mass is 268 g/mol. The Morgan fingerprint density at radius 1 is 1.56 bits per heavy atom. The molecule has 2 heterocycles. The van der Waals surface area contributed by atoms with Gasteiger partial charge in [0.05, 0.1) is 16.3 Å². The van der Waals surface area contributed by atoms with Gasteiger partial charge in [0.2, 0.25) is 0 Å². The van der Waals surface area contributed by atoms with E-state index < -0.39 is 5.60 Å². The van der Waals surface area contributed by atoms with E-state index in [1.165, 1.54) is 0 Å². The number of thiazole rings is 1. The number of piperidine rings is 1. The van der Waals surface area contributed by atoms with Crippen LogP contribution in [0.5, 0.6) is 0 Å². The number of hydrogen-bond donors (Lipinski definition) is 2. The van der Waals surface area contributed by atoms with E-state index in [4.69, 9.17) is 4.98 Å². The van der Waals surface area contributed by atoms with E-state index in [0.29, 0.717) is 6.42 Å². The van der Waals surface area contributed by atoms with Crippen molar-refractivity contribution in [2.24, 2.45) is 5.92 Å². The first kappa shape index (κ1) is 14.0. The third-order valence-electron chi connectivity index (χ3n) is 3.88. The molecule has 2 N–H and O–H groups in total. The highest BCUT2D eigenvalue weighted by Gasteiger charge is 2.37. The standard InChI is InChI=1S/C14H24N2OS/c1-10-8-15-6-5-14(10,17)7-12-16-11(9-18-12)13(2,3)4/h9-10,15,17H,5-8H2,1-4H3. The van der Waals surface area contributed by atoms with Crippen molar-refractivity contribution in [3.8, 4) is 0 Å². The third kappa shape index (κ3) is 2.92. The Morgan fingerprint density at radius 3 is 2.83 bits per heavy atom. The fourth-order valence-electron chi connectivity index (χ4n) is 2.32. The number of rotatable bonds is 2. The number of nitrogens with zero attached hydrogens (tertiary/aromatic N) is 1. The van der Waals surface area contributed by atoms with Crippen LogP contribution in [0.3, 0.4) is 0 Å². The van der Waals surface area contributed by atoms with Gasteiger partial charge in [-0.3, -0.25) is 0 Å². The molecule has 2 atom stereocenters. The summed E-state index contributed by atoms with van der Waals surface area (Å²) in [5.74, 6) is 0.285. The zero-order chi connectivity index (χ0) is 13.4. The lowest BCUT2D eigenvalue weighted by molar-refractivity contribution is -0.0330. The molecule has 1 aliphatic heterocycles. The molecule has 3 nitrogen and oxygen atoms in total. The second-order valence-electron chi connectivity index (χ2n) is 6.51. The van der Waals surface area contributed by atoms with Crippen LogP contribution in [0.25, 0.3) is 0 Å². The van der Waals surface area contributed by atoms with E-state index >= 15 is 0 Å². The number of aliphatic hydroxyl groups is 1. The van der Waals surface area contributed by atoms with E-state index in [1.807, 2.05) is 0 Å². The van der Waals surface area contributed by atoms with Crippen LogP contribution in [0.15, 0.2) is 5.38 Å². The molecule has 1 fully saturated rings. The summed E-state index contributed by atoms with van der Waals surface area (Å²) in [6.45, 7) is 10.4. The normalized spacial score (nSPS) is 29.5. The van der Waals surface area contributed by atoms with Crippen LogP contribution in [0.1, 0.15) is 44.8 Å². The Balaban J connectivity index is 2.11. The van der Waals surface area contributed by atoms with Gasteiger partial charge in [-0.2, -0.15) is 0 Å². The van der Waals surface area contributed by atoms with Crippen LogP contribution in [0, 0.1) is 5.92 Å². The Bertz CT molecular complexity index is 410. The second-order valence-corrected chi connectivity index (χ2v) is 7.45. The van der Waals surface area contributed by atoms with Crippen molar-refractivity contribution in [3.05, 3.63) is 16.1 Å².